The summed E-state index contributed by atoms with van der Waals surface area (Å²) in [5.41, 5.74) is 11.0. The highest BCUT2D eigenvalue weighted by Gasteiger charge is 2.26. The highest BCUT2D eigenvalue weighted by molar-refractivity contribution is 5.55. The number of aromatic nitrogens is 2. The van der Waals surface area contributed by atoms with Crippen LogP contribution >= 0.6 is 0 Å². The Bertz CT molecular complexity index is 1010. The van der Waals surface area contributed by atoms with Gasteiger partial charge in [0.15, 0.2) is 0 Å². The molecule has 28 heavy (non-hydrogen) atoms. The van der Waals surface area contributed by atoms with E-state index in [4.69, 9.17) is 5.73 Å². The lowest BCUT2D eigenvalue weighted by Gasteiger charge is -2.26. The van der Waals surface area contributed by atoms with Crippen molar-refractivity contribution in [3.05, 3.63) is 87.3 Å². The number of hydrogen-bond donors (Lipinski definition) is 2. The summed E-state index contributed by atoms with van der Waals surface area (Å²) in [5.74, 6) is 0.568. The molecule has 2 aromatic carbocycles. The van der Waals surface area contributed by atoms with Gasteiger partial charge in [0.05, 0.1) is 5.69 Å². The maximum Gasteiger partial charge on any atom is 0.251 e. The number of nitrogens with two attached hydrogens (primary N) is 1. The van der Waals surface area contributed by atoms with E-state index in [0.717, 1.165) is 18.7 Å². The Hall–Kier alpha value is -2.76. The van der Waals surface area contributed by atoms with E-state index in [1.807, 2.05) is 12.1 Å². The third-order valence-corrected chi connectivity index (χ3v) is 5.53. The fourth-order valence-electron chi connectivity index (χ4n) is 4.08. The van der Waals surface area contributed by atoms with Gasteiger partial charge in [-0.15, -0.1) is 0 Å². The summed E-state index contributed by atoms with van der Waals surface area (Å²) in [6.45, 7) is 4.49. The normalized spacial score (nSPS) is 17.1. The first-order valence-corrected chi connectivity index (χ1v) is 9.83. The number of H-pyrrole nitrogens is 1. The molecule has 4 rings (SSSR count). The average Bonchev–Trinajstić information content (AvgIpc) is 3.16. The Morgan fingerprint density at radius 2 is 1.96 bits per heavy atom. The molecule has 144 valence electrons. The maximum absolute atomic E-state index is 11.8. The number of aryl methyl sites for hydroxylation is 1. The lowest BCUT2D eigenvalue weighted by molar-refractivity contribution is 0.248. The Balaban J connectivity index is 1.52. The van der Waals surface area contributed by atoms with Gasteiger partial charge in [-0.3, -0.25) is 9.69 Å². The number of aromatic amines is 1. The molecular weight excluding hydrogens is 348 g/mol. The number of nitrogens with zero attached hydrogens (tertiary/aromatic N) is 2. The summed E-state index contributed by atoms with van der Waals surface area (Å²) in [4.78, 5) is 21.6. The van der Waals surface area contributed by atoms with Crippen molar-refractivity contribution in [1.29, 1.82) is 0 Å². The lowest BCUT2D eigenvalue weighted by atomic mass is 9.99. The number of nitrogens with one attached hydrogen (secondary N) is 1. The molecule has 2 heterocycles. The van der Waals surface area contributed by atoms with Crippen LogP contribution in [0.4, 0.5) is 0 Å². The summed E-state index contributed by atoms with van der Waals surface area (Å²) in [6.07, 6.45) is 2.44. The van der Waals surface area contributed by atoms with Crippen LogP contribution in [0.2, 0.25) is 0 Å². The molecular formula is C23H26N4O. The second-order valence-corrected chi connectivity index (χ2v) is 7.47. The first-order chi connectivity index (χ1) is 13.6. The van der Waals surface area contributed by atoms with Crippen LogP contribution in [0.3, 0.4) is 0 Å². The van der Waals surface area contributed by atoms with Gasteiger partial charge >= 0.3 is 0 Å². The van der Waals surface area contributed by atoms with Gasteiger partial charge in [-0.25, -0.2) is 4.98 Å². The quantitative estimate of drug-likeness (QED) is 0.716. The lowest BCUT2D eigenvalue weighted by Crippen LogP contribution is -2.23. The number of rotatable bonds is 5. The second kappa shape index (κ2) is 8.09. The molecule has 0 aliphatic carbocycles. The molecule has 5 nitrogen and oxygen atoms in total. The monoisotopic (exact) mass is 374 g/mol. The fraction of sp³-hybridized carbons (Fsp3) is 0.304. The van der Waals surface area contributed by atoms with Gasteiger partial charge in [-0.1, -0.05) is 48.5 Å². The van der Waals surface area contributed by atoms with Crippen molar-refractivity contribution >= 4 is 0 Å². The third-order valence-electron chi connectivity index (χ3n) is 5.53. The van der Waals surface area contributed by atoms with Crippen LogP contribution in [0.15, 0.2) is 59.4 Å². The first kappa shape index (κ1) is 18.6. The summed E-state index contributed by atoms with van der Waals surface area (Å²) in [7, 11) is 0. The van der Waals surface area contributed by atoms with Gasteiger partial charge < -0.3 is 10.7 Å². The Labute approximate surface area is 165 Å². The van der Waals surface area contributed by atoms with Crippen molar-refractivity contribution in [1.82, 2.24) is 14.9 Å². The molecule has 1 unspecified atom stereocenters. The standard InChI is InChI=1S/C23H26N4O/c1-16-5-2-3-6-20(16)21-7-4-12-27(21)15-17-8-10-18(11-9-17)23-25-19(14-24)13-22(28)26-23/h2-3,5-6,8-11,13,21H,4,7,12,14-15,24H2,1H3,(H,25,26,28). The second-order valence-electron chi connectivity index (χ2n) is 7.47. The van der Waals surface area contributed by atoms with E-state index in [1.165, 1.54) is 35.6 Å². The molecule has 0 amide bonds. The molecule has 0 spiro atoms. The Morgan fingerprint density at radius 3 is 2.71 bits per heavy atom. The molecule has 0 radical (unpaired) electrons. The molecule has 1 aromatic heterocycles. The zero-order valence-corrected chi connectivity index (χ0v) is 16.2. The largest absolute Gasteiger partial charge is 0.325 e. The van der Waals surface area contributed by atoms with E-state index in [-0.39, 0.29) is 12.1 Å². The molecule has 1 aliphatic heterocycles. The number of likely N-dealkylation sites (tertiary alicyclic amines) is 1. The zero-order valence-electron chi connectivity index (χ0n) is 16.2. The molecule has 1 saturated heterocycles. The molecule has 0 bridgehead atoms. The Morgan fingerprint density at radius 1 is 1.18 bits per heavy atom. The van der Waals surface area contributed by atoms with Gasteiger partial charge in [0.25, 0.3) is 5.56 Å². The predicted molar refractivity (Wildman–Crippen MR) is 112 cm³/mol. The highest BCUT2D eigenvalue weighted by Crippen LogP contribution is 2.34. The predicted octanol–water partition coefficient (Wildman–Crippen LogP) is 3.54. The number of benzene rings is 2. The van der Waals surface area contributed by atoms with Crippen molar-refractivity contribution in [2.24, 2.45) is 5.73 Å². The van der Waals surface area contributed by atoms with Crippen molar-refractivity contribution in [3.63, 3.8) is 0 Å². The van der Waals surface area contributed by atoms with Gasteiger partial charge in [0, 0.05) is 30.8 Å². The van der Waals surface area contributed by atoms with Crippen LogP contribution in [0.1, 0.15) is 41.3 Å². The molecule has 1 atom stereocenters. The van der Waals surface area contributed by atoms with Gasteiger partial charge in [-0.2, -0.15) is 0 Å². The van der Waals surface area contributed by atoms with Crippen molar-refractivity contribution in [2.45, 2.75) is 38.9 Å². The average molecular weight is 374 g/mol. The first-order valence-electron chi connectivity index (χ1n) is 9.83. The van der Waals surface area contributed by atoms with E-state index >= 15 is 0 Å². The molecule has 1 fully saturated rings. The molecule has 3 N–H and O–H groups in total. The van der Waals surface area contributed by atoms with E-state index in [9.17, 15) is 4.79 Å². The zero-order chi connectivity index (χ0) is 19.5. The fourth-order valence-corrected chi connectivity index (χ4v) is 4.08. The van der Waals surface area contributed by atoms with Gasteiger partial charge in [0.2, 0.25) is 0 Å². The van der Waals surface area contributed by atoms with Crippen LogP contribution in [-0.2, 0) is 13.1 Å². The summed E-state index contributed by atoms with van der Waals surface area (Å²) in [6, 6.07) is 18.9. The SMILES string of the molecule is Cc1ccccc1C1CCCN1Cc1ccc(-c2nc(CN)cc(=O)[nH]2)cc1. The summed E-state index contributed by atoms with van der Waals surface area (Å²) in [5, 5.41) is 0. The van der Waals surface area contributed by atoms with Gasteiger partial charge in [-0.05, 0) is 43.0 Å². The highest BCUT2D eigenvalue weighted by atomic mass is 16.1. The van der Waals surface area contributed by atoms with Crippen LogP contribution in [0.5, 0.6) is 0 Å². The van der Waals surface area contributed by atoms with E-state index in [0.29, 0.717) is 17.6 Å². The van der Waals surface area contributed by atoms with Gasteiger partial charge in [0.1, 0.15) is 5.82 Å². The Kier molecular flexibility index (Phi) is 5.37. The minimum absolute atomic E-state index is 0.173. The van der Waals surface area contributed by atoms with E-state index in [2.05, 4.69) is 58.2 Å². The summed E-state index contributed by atoms with van der Waals surface area (Å²) >= 11 is 0. The van der Waals surface area contributed by atoms with E-state index in [1.54, 1.807) is 0 Å². The minimum atomic E-state index is -0.173. The molecule has 1 aliphatic rings. The van der Waals surface area contributed by atoms with Crippen LogP contribution in [0.25, 0.3) is 11.4 Å². The maximum atomic E-state index is 11.8. The van der Waals surface area contributed by atoms with Crippen LogP contribution < -0.4 is 11.3 Å². The van der Waals surface area contributed by atoms with Crippen LogP contribution in [-0.4, -0.2) is 21.4 Å². The van der Waals surface area contributed by atoms with Crippen molar-refractivity contribution < 1.29 is 0 Å². The molecule has 3 aromatic rings. The van der Waals surface area contributed by atoms with Crippen molar-refractivity contribution in [2.75, 3.05) is 6.54 Å². The molecule has 0 saturated carbocycles. The van der Waals surface area contributed by atoms with Crippen LogP contribution in [0, 0.1) is 6.92 Å². The van der Waals surface area contributed by atoms with E-state index < -0.39 is 0 Å². The smallest absolute Gasteiger partial charge is 0.251 e. The number of hydrogen-bond acceptors (Lipinski definition) is 4. The third kappa shape index (κ3) is 3.91. The topological polar surface area (TPSA) is 75.0 Å². The molecule has 5 heteroatoms. The summed E-state index contributed by atoms with van der Waals surface area (Å²) < 4.78 is 0. The van der Waals surface area contributed by atoms with Crippen molar-refractivity contribution in [3.8, 4) is 11.4 Å². The minimum Gasteiger partial charge on any atom is -0.325 e.